The number of hydrogen-bond acceptors (Lipinski definition) is 3. The number of amides is 1. The molecule has 0 saturated carbocycles. The summed E-state index contributed by atoms with van der Waals surface area (Å²) in [7, 11) is 1.57. The van der Waals surface area contributed by atoms with Crippen LogP contribution < -0.4 is 15.6 Å². The van der Waals surface area contributed by atoms with Gasteiger partial charge in [-0.2, -0.15) is 0 Å². The average Bonchev–Trinajstić information content (AvgIpc) is 2.61. The van der Waals surface area contributed by atoms with Crippen molar-refractivity contribution in [1.29, 1.82) is 0 Å². The van der Waals surface area contributed by atoms with Crippen LogP contribution in [-0.2, 0) is 6.42 Å². The third-order valence-corrected chi connectivity index (χ3v) is 4.31. The molecule has 26 heavy (non-hydrogen) atoms. The Morgan fingerprint density at radius 2 is 2.08 bits per heavy atom. The molecule has 3 rings (SSSR count). The van der Waals surface area contributed by atoms with Crippen molar-refractivity contribution in [2.75, 3.05) is 13.7 Å². The number of pyridine rings is 1. The Labute approximate surface area is 153 Å². The van der Waals surface area contributed by atoms with E-state index in [1.54, 1.807) is 25.3 Å². The summed E-state index contributed by atoms with van der Waals surface area (Å²) in [5, 5.41) is 3.45. The quantitative estimate of drug-likeness (QED) is 0.719. The Hall–Kier alpha value is -2.86. The number of aromatic amines is 1. The van der Waals surface area contributed by atoms with Crippen LogP contribution in [0.5, 0.6) is 5.75 Å². The van der Waals surface area contributed by atoms with Crippen LogP contribution in [0.3, 0.4) is 0 Å². The fraction of sp³-hybridized carbons (Fsp3) is 0.158. The van der Waals surface area contributed by atoms with E-state index in [9.17, 15) is 14.0 Å². The first-order chi connectivity index (χ1) is 12.5. The molecule has 2 aromatic carbocycles. The van der Waals surface area contributed by atoms with Gasteiger partial charge in [-0.05, 0) is 42.8 Å². The highest BCUT2D eigenvalue weighted by atomic mass is 35.5. The van der Waals surface area contributed by atoms with E-state index in [0.29, 0.717) is 23.3 Å². The van der Waals surface area contributed by atoms with Gasteiger partial charge >= 0.3 is 0 Å². The molecular weight excluding hydrogens is 359 g/mol. The van der Waals surface area contributed by atoms with Crippen LogP contribution in [0.15, 0.2) is 47.3 Å². The molecule has 0 aliphatic carbocycles. The Kier molecular flexibility index (Phi) is 5.23. The van der Waals surface area contributed by atoms with Crippen molar-refractivity contribution in [3.05, 3.63) is 74.8 Å². The van der Waals surface area contributed by atoms with Crippen LogP contribution in [0.25, 0.3) is 10.9 Å². The number of aromatic nitrogens is 1. The lowest BCUT2D eigenvalue weighted by Crippen LogP contribution is -2.28. The van der Waals surface area contributed by atoms with Gasteiger partial charge in [0.05, 0.1) is 17.7 Å². The molecule has 1 heterocycles. The van der Waals surface area contributed by atoms with Crippen LogP contribution in [-0.4, -0.2) is 24.5 Å². The number of methoxy groups -OCH3 is 1. The number of hydrogen-bond donors (Lipinski definition) is 2. The molecule has 3 aromatic rings. The second kappa shape index (κ2) is 7.58. The summed E-state index contributed by atoms with van der Waals surface area (Å²) in [6, 6.07) is 11.1. The van der Waals surface area contributed by atoms with Gasteiger partial charge in [-0.3, -0.25) is 9.59 Å². The summed E-state index contributed by atoms with van der Waals surface area (Å²) in [4.78, 5) is 27.1. The Morgan fingerprint density at radius 1 is 1.27 bits per heavy atom. The zero-order valence-corrected chi connectivity index (χ0v) is 14.7. The van der Waals surface area contributed by atoms with Gasteiger partial charge in [0.1, 0.15) is 11.6 Å². The van der Waals surface area contributed by atoms with E-state index in [-0.39, 0.29) is 22.7 Å². The third kappa shape index (κ3) is 3.70. The van der Waals surface area contributed by atoms with E-state index < -0.39 is 11.7 Å². The van der Waals surface area contributed by atoms with Gasteiger partial charge in [0.15, 0.2) is 0 Å². The highest BCUT2D eigenvalue weighted by molar-refractivity contribution is 6.33. The SMILES string of the molecule is COc1ccc2[nH]c(=O)c(CCNC(=O)c3c(F)cccc3Cl)cc2c1. The predicted octanol–water partition coefficient (Wildman–Crippen LogP) is 3.30. The molecule has 0 bridgehead atoms. The Bertz CT molecular complexity index is 1010. The predicted molar refractivity (Wildman–Crippen MR) is 98.6 cm³/mol. The number of fused-ring (bicyclic) bond motifs is 1. The molecule has 0 radical (unpaired) electrons. The van der Waals surface area contributed by atoms with Crippen molar-refractivity contribution >= 4 is 28.4 Å². The van der Waals surface area contributed by atoms with E-state index in [2.05, 4.69) is 10.3 Å². The zero-order chi connectivity index (χ0) is 18.7. The molecule has 2 N–H and O–H groups in total. The lowest BCUT2D eigenvalue weighted by atomic mass is 10.1. The van der Waals surface area contributed by atoms with E-state index in [1.807, 2.05) is 6.07 Å². The minimum absolute atomic E-state index is 0.0400. The minimum atomic E-state index is -0.689. The van der Waals surface area contributed by atoms with Crippen LogP contribution in [0, 0.1) is 5.82 Å². The lowest BCUT2D eigenvalue weighted by Gasteiger charge is -2.08. The van der Waals surface area contributed by atoms with Crippen molar-refractivity contribution in [2.45, 2.75) is 6.42 Å². The zero-order valence-electron chi connectivity index (χ0n) is 13.9. The van der Waals surface area contributed by atoms with Gasteiger partial charge in [-0.1, -0.05) is 17.7 Å². The summed E-state index contributed by atoms with van der Waals surface area (Å²) >= 11 is 5.87. The monoisotopic (exact) mass is 374 g/mol. The molecule has 0 unspecified atom stereocenters. The maximum atomic E-state index is 13.7. The molecule has 1 aromatic heterocycles. The van der Waals surface area contributed by atoms with E-state index in [4.69, 9.17) is 16.3 Å². The first kappa shape index (κ1) is 17.9. The number of nitrogens with one attached hydrogen (secondary N) is 2. The molecule has 1 amide bonds. The number of rotatable bonds is 5. The first-order valence-corrected chi connectivity index (χ1v) is 8.29. The highest BCUT2D eigenvalue weighted by Gasteiger charge is 2.15. The van der Waals surface area contributed by atoms with Crippen LogP contribution >= 0.6 is 11.6 Å². The van der Waals surface area contributed by atoms with Gasteiger partial charge in [-0.15, -0.1) is 0 Å². The lowest BCUT2D eigenvalue weighted by molar-refractivity contribution is 0.0950. The molecule has 0 spiro atoms. The van der Waals surface area contributed by atoms with E-state index >= 15 is 0 Å². The fourth-order valence-electron chi connectivity index (χ4n) is 2.66. The maximum Gasteiger partial charge on any atom is 0.255 e. The second-order valence-corrected chi connectivity index (χ2v) is 6.09. The molecule has 0 fully saturated rings. The van der Waals surface area contributed by atoms with Gasteiger partial charge in [-0.25, -0.2) is 4.39 Å². The van der Waals surface area contributed by atoms with E-state index in [0.717, 1.165) is 5.39 Å². The molecule has 0 saturated heterocycles. The maximum absolute atomic E-state index is 13.7. The molecule has 0 atom stereocenters. The van der Waals surface area contributed by atoms with Gasteiger partial charge in [0.25, 0.3) is 11.5 Å². The smallest absolute Gasteiger partial charge is 0.255 e. The summed E-state index contributed by atoms with van der Waals surface area (Å²) in [6.45, 7) is 0.169. The van der Waals surface area contributed by atoms with E-state index in [1.165, 1.54) is 18.2 Å². The number of carbonyl (C=O) groups excluding carboxylic acids is 1. The van der Waals surface area contributed by atoms with Crippen LogP contribution in [0.2, 0.25) is 5.02 Å². The Morgan fingerprint density at radius 3 is 2.81 bits per heavy atom. The molecular formula is C19H16ClFN2O3. The molecule has 0 aliphatic rings. The normalized spacial score (nSPS) is 10.7. The number of ether oxygens (including phenoxy) is 1. The largest absolute Gasteiger partial charge is 0.497 e. The summed E-state index contributed by atoms with van der Waals surface area (Å²) in [6.07, 6.45) is 0.292. The van der Waals surface area contributed by atoms with Crippen molar-refractivity contribution in [3.8, 4) is 5.75 Å². The van der Waals surface area contributed by atoms with Crippen molar-refractivity contribution in [1.82, 2.24) is 10.3 Å². The number of benzene rings is 2. The molecule has 7 heteroatoms. The topological polar surface area (TPSA) is 71.2 Å². The molecule has 5 nitrogen and oxygen atoms in total. The highest BCUT2D eigenvalue weighted by Crippen LogP contribution is 2.20. The van der Waals surface area contributed by atoms with Crippen LogP contribution in [0.1, 0.15) is 15.9 Å². The summed E-state index contributed by atoms with van der Waals surface area (Å²) < 4.78 is 18.9. The average molecular weight is 375 g/mol. The van der Waals surface area contributed by atoms with Crippen molar-refractivity contribution in [2.24, 2.45) is 0 Å². The van der Waals surface area contributed by atoms with Crippen molar-refractivity contribution in [3.63, 3.8) is 0 Å². The minimum Gasteiger partial charge on any atom is -0.497 e. The number of halogens is 2. The number of H-pyrrole nitrogens is 1. The van der Waals surface area contributed by atoms with Gasteiger partial charge in [0, 0.05) is 23.0 Å². The summed E-state index contributed by atoms with van der Waals surface area (Å²) in [5.41, 5.74) is 0.763. The van der Waals surface area contributed by atoms with Crippen LogP contribution in [0.4, 0.5) is 4.39 Å². The second-order valence-electron chi connectivity index (χ2n) is 5.68. The Balaban J connectivity index is 1.74. The molecule has 0 aliphatic heterocycles. The third-order valence-electron chi connectivity index (χ3n) is 4.00. The standard InChI is InChI=1S/C19H16ClFN2O3/c1-26-13-5-6-16-12(10-13)9-11(18(24)23-16)7-8-22-19(25)17-14(20)3-2-4-15(17)21/h2-6,9-10H,7-8H2,1H3,(H,22,25)(H,23,24). The summed E-state index contributed by atoms with van der Waals surface area (Å²) in [5.74, 6) is -0.629. The first-order valence-electron chi connectivity index (χ1n) is 7.92. The van der Waals surface area contributed by atoms with Gasteiger partial charge in [0.2, 0.25) is 0 Å². The molecule has 134 valence electrons. The fourth-order valence-corrected chi connectivity index (χ4v) is 2.91. The van der Waals surface area contributed by atoms with Gasteiger partial charge < -0.3 is 15.0 Å². The van der Waals surface area contributed by atoms with Crippen molar-refractivity contribution < 1.29 is 13.9 Å². The number of carbonyl (C=O) groups is 1.